The van der Waals surface area contributed by atoms with Gasteiger partial charge in [-0.3, -0.25) is 10.1 Å². The summed E-state index contributed by atoms with van der Waals surface area (Å²) in [4.78, 5) is 11.5. The number of hydrogen-bond acceptors (Lipinski definition) is 5. The number of nitro groups is 1. The molecule has 0 fully saturated rings. The number of nitrogen functional groups attached to an aromatic ring is 1. The first-order valence-corrected chi connectivity index (χ1v) is 7.94. The molecule has 0 aliphatic carbocycles. The van der Waals surface area contributed by atoms with Crippen LogP contribution in [0.3, 0.4) is 0 Å². The van der Waals surface area contributed by atoms with Crippen molar-refractivity contribution >= 4 is 17.4 Å². The number of nitrogens with two attached hydrogens (primary N) is 1. The number of hydrogen-bond donors (Lipinski definition) is 1. The highest BCUT2D eigenvalue weighted by Gasteiger charge is 2.20. The predicted octanol–water partition coefficient (Wildman–Crippen LogP) is 3.94. The van der Waals surface area contributed by atoms with Gasteiger partial charge in [0.05, 0.1) is 5.25 Å². The average Bonchev–Trinajstić information content (AvgIpc) is 2.54. The SMILES string of the molecule is C=CCOc1ccc([C@H](C[N+](=O)[O-])Sc2ccccc2N)cc1. The molecular formula is C17H18N2O3S. The average molecular weight is 330 g/mol. The van der Waals surface area contributed by atoms with Crippen molar-refractivity contribution in [2.24, 2.45) is 0 Å². The van der Waals surface area contributed by atoms with Crippen LogP contribution in [-0.2, 0) is 0 Å². The molecule has 0 aromatic heterocycles. The van der Waals surface area contributed by atoms with Crippen LogP contribution < -0.4 is 10.5 Å². The lowest BCUT2D eigenvalue weighted by Gasteiger charge is -2.15. The first kappa shape index (κ1) is 16.9. The summed E-state index contributed by atoms with van der Waals surface area (Å²) < 4.78 is 5.43. The molecule has 2 rings (SSSR count). The molecule has 0 saturated carbocycles. The van der Waals surface area contributed by atoms with Crippen LogP contribution >= 0.6 is 11.8 Å². The number of nitrogens with zero attached hydrogens (tertiary/aromatic N) is 1. The fourth-order valence-corrected chi connectivity index (χ4v) is 3.18. The largest absolute Gasteiger partial charge is 0.490 e. The van der Waals surface area contributed by atoms with Gasteiger partial charge in [0.1, 0.15) is 12.4 Å². The summed E-state index contributed by atoms with van der Waals surface area (Å²) in [5.74, 6) is 0.706. The molecular weight excluding hydrogens is 312 g/mol. The number of anilines is 1. The molecule has 0 radical (unpaired) electrons. The Labute approximate surface area is 139 Å². The summed E-state index contributed by atoms with van der Waals surface area (Å²) in [6.07, 6.45) is 1.66. The maximum atomic E-state index is 11.0. The summed E-state index contributed by atoms with van der Waals surface area (Å²) in [5, 5.41) is 10.7. The second-order valence-electron chi connectivity index (χ2n) is 4.83. The van der Waals surface area contributed by atoms with Crippen LogP contribution in [-0.4, -0.2) is 18.1 Å². The molecule has 2 N–H and O–H groups in total. The lowest BCUT2D eigenvalue weighted by Crippen LogP contribution is -2.10. The van der Waals surface area contributed by atoms with Gasteiger partial charge in [0.15, 0.2) is 0 Å². The molecule has 0 heterocycles. The monoisotopic (exact) mass is 330 g/mol. The molecule has 5 nitrogen and oxygen atoms in total. The molecule has 6 heteroatoms. The molecule has 23 heavy (non-hydrogen) atoms. The Kier molecular flexibility index (Phi) is 6.05. The van der Waals surface area contributed by atoms with Crippen molar-refractivity contribution in [3.05, 3.63) is 76.9 Å². The topological polar surface area (TPSA) is 78.4 Å². The second-order valence-corrected chi connectivity index (χ2v) is 6.07. The van der Waals surface area contributed by atoms with E-state index >= 15 is 0 Å². The van der Waals surface area contributed by atoms with Gasteiger partial charge in [-0.1, -0.05) is 36.9 Å². The van der Waals surface area contributed by atoms with Crippen molar-refractivity contribution in [1.29, 1.82) is 0 Å². The van der Waals surface area contributed by atoms with E-state index in [2.05, 4.69) is 6.58 Å². The van der Waals surface area contributed by atoms with Gasteiger partial charge in [-0.25, -0.2) is 0 Å². The minimum absolute atomic E-state index is 0.175. The summed E-state index contributed by atoms with van der Waals surface area (Å²) in [6.45, 7) is 3.84. The van der Waals surface area contributed by atoms with E-state index in [4.69, 9.17) is 10.5 Å². The quantitative estimate of drug-likeness (QED) is 0.261. The van der Waals surface area contributed by atoms with Gasteiger partial charge < -0.3 is 10.5 Å². The Morgan fingerprint density at radius 2 is 1.96 bits per heavy atom. The molecule has 0 bridgehead atoms. The standard InChI is InChI=1S/C17H18N2O3S/c1-2-11-22-14-9-7-13(8-10-14)17(12-19(20)21)23-16-6-4-3-5-15(16)18/h2-10,17H,1,11-12,18H2/t17-/m0/s1. The maximum Gasteiger partial charge on any atom is 0.220 e. The molecule has 0 amide bonds. The van der Waals surface area contributed by atoms with E-state index in [1.807, 2.05) is 30.3 Å². The molecule has 0 unspecified atom stereocenters. The summed E-state index contributed by atoms with van der Waals surface area (Å²) >= 11 is 1.40. The maximum absolute atomic E-state index is 11.0. The summed E-state index contributed by atoms with van der Waals surface area (Å²) in [7, 11) is 0. The van der Waals surface area contributed by atoms with Crippen LogP contribution in [0.2, 0.25) is 0 Å². The fraction of sp³-hybridized carbons (Fsp3) is 0.176. The number of para-hydroxylation sites is 1. The van der Waals surface area contributed by atoms with Crippen LogP contribution in [0.1, 0.15) is 10.8 Å². The first-order chi connectivity index (χ1) is 11.1. The van der Waals surface area contributed by atoms with Crippen LogP contribution in [0.4, 0.5) is 5.69 Å². The summed E-state index contributed by atoms with van der Waals surface area (Å²) in [6, 6.07) is 14.7. The molecule has 0 spiro atoms. The van der Waals surface area contributed by atoms with Gasteiger partial charge in [0.25, 0.3) is 0 Å². The Balaban J connectivity index is 2.19. The third-order valence-corrected chi connectivity index (χ3v) is 4.45. The Bertz CT molecular complexity index is 674. The van der Waals surface area contributed by atoms with Crippen LogP contribution in [0, 0.1) is 10.1 Å². The van der Waals surface area contributed by atoms with E-state index in [1.54, 1.807) is 24.3 Å². The predicted molar refractivity (Wildman–Crippen MR) is 93.4 cm³/mol. The smallest absolute Gasteiger partial charge is 0.220 e. The number of ether oxygens (including phenoxy) is 1. The number of benzene rings is 2. The highest BCUT2D eigenvalue weighted by Crippen LogP contribution is 2.38. The number of thioether (sulfide) groups is 1. The van der Waals surface area contributed by atoms with Crippen molar-refractivity contribution in [2.75, 3.05) is 18.9 Å². The molecule has 120 valence electrons. The zero-order valence-electron chi connectivity index (χ0n) is 12.6. The van der Waals surface area contributed by atoms with Crippen LogP contribution in [0.15, 0.2) is 66.1 Å². The van der Waals surface area contributed by atoms with Gasteiger partial charge in [0, 0.05) is 15.5 Å². The van der Waals surface area contributed by atoms with Crippen molar-refractivity contribution in [3.8, 4) is 5.75 Å². The van der Waals surface area contributed by atoms with E-state index in [9.17, 15) is 10.1 Å². The Morgan fingerprint density at radius 3 is 2.57 bits per heavy atom. The van der Waals surface area contributed by atoms with E-state index in [-0.39, 0.29) is 16.7 Å². The third kappa shape index (κ3) is 5.03. The Morgan fingerprint density at radius 1 is 1.26 bits per heavy atom. The lowest BCUT2D eigenvalue weighted by atomic mass is 10.1. The normalized spacial score (nSPS) is 11.7. The minimum atomic E-state index is -0.317. The Hall–Kier alpha value is -2.47. The molecule has 0 aliphatic rings. The molecule has 1 atom stereocenters. The van der Waals surface area contributed by atoms with Crippen molar-refractivity contribution < 1.29 is 9.66 Å². The highest BCUT2D eigenvalue weighted by atomic mass is 32.2. The minimum Gasteiger partial charge on any atom is -0.490 e. The van der Waals surface area contributed by atoms with E-state index in [0.717, 1.165) is 10.5 Å². The second kappa shape index (κ2) is 8.24. The molecule has 2 aromatic carbocycles. The zero-order valence-corrected chi connectivity index (χ0v) is 13.4. The van der Waals surface area contributed by atoms with Crippen molar-refractivity contribution in [1.82, 2.24) is 0 Å². The van der Waals surface area contributed by atoms with Gasteiger partial charge in [-0.05, 0) is 29.8 Å². The first-order valence-electron chi connectivity index (χ1n) is 7.06. The highest BCUT2D eigenvalue weighted by molar-refractivity contribution is 7.99. The van der Waals surface area contributed by atoms with Crippen molar-refractivity contribution in [2.45, 2.75) is 10.1 Å². The van der Waals surface area contributed by atoms with E-state index in [1.165, 1.54) is 11.8 Å². The fourth-order valence-electron chi connectivity index (χ4n) is 2.02. The van der Waals surface area contributed by atoms with Crippen LogP contribution in [0.5, 0.6) is 5.75 Å². The molecule has 0 aliphatic heterocycles. The lowest BCUT2D eigenvalue weighted by molar-refractivity contribution is -0.479. The van der Waals surface area contributed by atoms with E-state index in [0.29, 0.717) is 18.0 Å². The van der Waals surface area contributed by atoms with Crippen molar-refractivity contribution in [3.63, 3.8) is 0 Å². The third-order valence-electron chi connectivity index (χ3n) is 3.12. The summed E-state index contributed by atoms with van der Waals surface area (Å²) in [5.41, 5.74) is 7.42. The van der Waals surface area contributed by atoms with Gasteiger partial charge >= 0.3 is 0 Å². The molecule has 0 saturated heterocycles. The van der Waals surface area contributed by atoms with Gasteiger partial charge in [0.2, 0.25) is 6.54 Å². The number of rotatable bonds is 8. The zero-order chi connectivity index (χ0) is 16.7. The van der Waals surface area contributed by atoms with E-state index < -0.39 is 0 Å². The van der Waals surface area contributed by atoms with Gasteiger partial charge in [-0.15, -0.1) is 11.8 Å². The molecule has 2 aromatic rings. The van der Waals surface area contributed by atoms with Gasteiger partial charge in [-0.2, -0.15) is 0 Å². The van der Waals surface area contributed by atoms with Crippen LogP contribution in [0.25, 0.3) is 0 Å².